The van der Waals surface area contributed by atoms with Crippen molar-refractivity contribution >= 4 is 0 Å². The van der Waals surface area contributed by atoms with E-state index in [0.717, 1.165) is 16.7 Å². The van der Waals surface area contributed by atoms with Crippen molar-refractivity contribution in [1.29, 1.82) is 0 Å². The topological polar surface area (TPSA) is 19.9 Å². The summed E-state index contributed by atoms with van der Waals surface area (Å²) in [4.78, 5) is 0. The summed E-state index contributed by atoms with van der Waals surface area (Å²) in [5, 5.41) is 12.9. The summed E-state index contributed by atoms with van der Waals surface area (Å²) in [6, 6.07) is 26.5. The van der Waals surface area contributed by atoms with Gasteiger partial charge in [-0.1, -0.05) is 100 Å². The van der Waals surface area contributed by atoms with Crippen molar-refractivity contribution in [2.24, 2.45) is 0 Å². The lowest BCUT2D eigenvalue weighted by atomic mass is 9.74. The third-order valence-electron chi connectivity index (χ3n) is 5.37. The molecule has 0 unspecified atom stereocenters. The maximum Gasteiger partial charge on any atom is 0.183 e. The van der Waals surface area contributed by atoms with Crippen LogP contribution >= 0.6 is 0 Å². The van der Waals surface area contributed by atoms with Crippen LogP contribution in [0.25, 0.3) is 0 Å². The Morgan fingerprint density at radius 3 is 1.52 bits per heavy atom. The van der Waals surface area contributed by atoms with Gasteiger partial charge >= 0.3 is 0 Å². The van der Waals surface area contributed by atoms with Gasteiger partial charge < -0.3 is 0 Å². The summed E-state index contributed by atoms with van der Waals surface area (Å²) in [6.45, 7) is 8.56. The number of hydrogen-bond donors (Lipinski definition) is 0. The third-order valence-corrected chi connectivity index (χ3v) is 5.37. The molecule has 3 rings (SSSR count). The molecule has 0 fully saturated rings. The number of hydrogen-bond acceptors (Lipinski definition) is 0. The molecule has 0 amide bonds. The minimum Gasteiger partial charge on any atom is -0.290 e. The molecule has 25 heavy (non-hydrogen) atoms. The van der Waals surface area contributed by atoms with Crippen molar-refractivity contribution in [3.8, 4) is 5.75 Å². The van der Waals surface area contributed by atoms with E-state index in [9.17, 15) is 5.11 Å². The predicted molar refractivity (Wildman–Crippen MR) is 104 cm³/mol. The van der Waals surface area contributed by atoms with Crippen LogP contribution in [-0.4, -0.2) is 0 Å². The Balaban J connectivity index is 2.02. The molecular weight excluding hydrogens is 304 g/mol. The van der Waals surface area contributed by atoms with Crippen LogP contribution in [0.5, 0.6) is 5.75 Å². The van der Waals surface area contributed by atoms with E-state index in [-0.39, 0.29) is 16.6 Å². The van der Waals surface area contributed by atoms with Gasteiger partial charge in [-0.3, -0.25) is 5.11 Å². The SMILES string of the molecule is CC(C)(c1ccccc1)c1ccc(C(C)(C)c2ccccc2)c([O])c1. The van der Waals surface area contributed by atoms with Crippen LogP contribution in [-0.2, 0) is 15.9 Å². The van der Waals surface area contributed by atoms with Crippen LogP contribution in [0.2, 0.25) is 0 Å². The van der Waals surface area contributed by atoms with Gasteiger partial charge in [0.25, 0.3) is 0 Å². The average molecular weight is 329 g/mol. The van der Waals surface area contributed by atoms with E-state index in [2.05, 4.69) is 58.0 Å². The van der Waals surface area contributed by atoms with E-state index < -0.39 is 0 Å². The Kier molecular flexibility index (Phi) is 4.43. The Morgan fingerprint density at radius 1 is 0.560 bits per heavy atom. The zero-order chi connectivity index (χ0) is 18.1. The normalized spacial score (nSPS) is 12.2. The highest BCUT2D eigenvalue weighted by molar-refractivity contribution is 5.50. The molecule has 1 radical (unpaired) electrons. The quantitative estimate of drug-likeness (QED) is 0.522. The van der Waals surface area contributed by atoms with Crippen molar-refractivity contribution in [3.63, 3.8) is 0 Å². The fraction of sp³-hybridized carbons (Fsp3) is 0.250. The van der Waals surface area contributed by atoms with E-state index in [1.807, 2.05) is 48.5 Å². The third kappa shape index (κ3) is 3.19. The van der Waals surface area contributed by atoms with Gasteiger partial charge in [0.15, 0.2) is 5.75 Å². The first-order valence-corrected chi connectivity index (χ1v) is 8.76. The average Bonchev–Trinajstić information content (AvgIpc) is 2.63. The van der Waals surface area contributed by atoms with Gasteiger partial charge in [-0.25, -0.2) is 0 Å². The van der Waals surface area contributed by atoms with Gasteiger partial charge in [-0.05, 0) is 22.8 Å². The molecule has 0 saturated heterocycles. The van der Waals surface area contributed by atoms with Gasteiger partial charge in [0, 0.05) is 16.4 Å². The van der Waals surface area contributed by atoms with Crippen LogP contribution in [0, 0.1) is 0 Å². The maximum atomic E-state index is 12.9. The predicted octanol–water partition coefficient (Wildman–Crippen LogP) is 6.48. The minimum atomic E-state index is -0.312. The van der Waals surface area contributed by atoms with E-state index in [1.54, 1.807) is 0 Å². The zero-order valence-corrected chi connectivity index (χ0v) is 15.4. The highest BCUT2D eigenvalue weighted by Crippen LogP contribution is 2.40. The fourth-order valence-corrected chi connectivity index (χ4v) is 3.46. The van der Waals surface area contributed by atoms with Crippen molar-refractivity contribution in [2.45, 2.75) is 38.5 Å². The minimum absolute atomic E-state index is 0.107. The second kappa shape index (κ2) is 6.40. The fourth-order valence-electron chi connectivity index (χ4n) is 3.46. The molecule has 0 saturated carbocycles. The first-order chi connectivity index (χ1) is 11.8. The molecule has 0 atom stereocenters. The largest absolute Gasteiger partial charge is 0.290 e. The van der Waals surface area contributed by atoms with Crippen molar-refractivity contribution in [3.05, 3.63) is 101 Å². The molecule has 0 N–H and O–H groups in total. The molecule has 0 bridgehead atoms. The van der Waals surface area contributed by atoms with Crippen molar-refractivity contribution in [2.75, 3.05) is 0 Å². The lowest BCUT2D eigenvalue weighted by molar-refractivity contribution is 0.341. The Labute approximate surface area is 151 Å². The molecule has 3 aromatic carbocycles. The van der Waals surface area contributed by atoms with Gasteiger partial charge in [-0.15, -0.1) is 0 Å². The second-order valence-corrected chi connectivity index (χ2v) is 7.69. The molecule has 0 aliphatic heterocycles. The summed E-state index contributed by atoms with van der Waals surface area (Å²) >= 11 is 0. The smallest absolute Gasteiger partial charge is 0.183 e. The first-order valence-electron chi connectivity index (χ1n) is 8.76. The molecular formula is C24H25O. The van der Waals surface area contributed by atoms with Crippen LogP contribution in [0.3, 0.4) is 0 Å². The number of rotatable bonds is 4. The second-order valence-electron chi connectivity index (χ2n) is 7.69. The van der Waals surface area contributed by atoms with Crippen LogP contribution in [0.1, 0.15) is 49.9 Å². The summed E-state index contributed by atoms with van der Waals surface area (Å²) in [5.41, 5.74) is 3.75. The zero-order valence-electron chi connectivity index (χ0n) is 15.4. The Hall–Kier alpha value is -2.54. The summed E-state index contributed by atoms with van der Waals surface area (Å²) in [5.74, 6) is 0.107. The molecule has 127 valence electrons. The van der Waals surface area contributed by atoms with E-state index in [1.165, 1.54) is 5.56 Å². The van der Waals surface area contributed by atoms with Gasteiger partial charge in [0.05, 0.1) is 0 Å². The monoisotopic (exact) mass is 329 g/mol. The summed E-state index contributed by atoms with van der Waals surface area (Å²) < 4.78 is 0. The Morgan fingerprint density at radius 2 is 1.04 bits per heavy atom. The van der Waals surface area contributed by atoms with Gasteiger partial charge in [0.2, 0.25) is 0 Å². The van der Waals surface area contributed by atoms with E-state index >= 15 is 0 Å². The van der Waals surface area contributed by atoms with Crippen LogP contribution < -0.4 is 0 Å². The van der Waals surface area contributed by atoms with Crippen LogP contribution in [0.4, 0.5) is 0 Å². The van der Waals surface area contributed by atoms with E-state index in [0.29, 0.717) is 0 Å². The molecule has 0 heterocycles. The van der Waals surface area contributed by atoms with Crippen molar-refractivity contribution in [1.82, 2.24) is 0 Å². The van der Waals surface area contributed by atoms with Crippen molar-refractivity contribution < 1.29 is 5.11 Å². The van der Waals surface area contributed by atoms with E-state index in [4.69, 9.17) is 0 Å². The first kappa shape index (κ1) is 17.3. The highest BCUT2D eigenvalue weighted by atomic mass is 16.3. The lowest BCUT2D eigenvalue weighted by Gasteiger charge is -2.29. The van der Waals surface area contributed by atoms with Gasteiger partial charge in [0.1, 0.15) is 0 Å². The molecule has 0 spiro atoms. The molecule has 1 heteroatoms. The summed E-state index contributed by atoms with van der Waals surface area (Å²) in [7, 11) is 0. The van der Waals surface area contributed by atoms with Gasteiger partial charge in [-0.2, -0.15) is 0 Å². The highest BCUT2D eigenvalue weighted by Gasteiger charge is 2.29. The maximum absolute atomic E-state index is 12.9. The molecule has 0 aliphatic rings. The lowest BCUT2D eigenvalue weighted by Crippen LogP contribution is -2.21. The molecule has 3 aromatic rings. The standard InChI is InChI=1S/C24H25O/c1-23(2,18-11-7-5-8-12-18)20-15-16-21(22(25)17-20)24(3,4)19-13-9-6-10-14-19/h5-17H,1-4H3. The number of benzene rings is 3. The molecule has 0 aliphatic carbocycles. The molecule has 1 nitrogen and oxygen atoms in total. The van der Waals surface area contributed by atoms with Crippen LogP contribution in [0.15, 0.2) is 78.9 Å². The molecule has 0 aromatic heterocycles. The Bertz CT molecular complexity index is 846. The summed E-state index contributed by atoms with van der Waals surface area (Å²) in [6.07, 6.45) is 0.